The first-order valence-electron chi connectivity index (χ1n) is 5.73. The Bertz CT molecular complexity index is 344. The Kier molecular flexibility index (Phi) is 3.03. The molecule has 0 saturated heterocycles. The van der Waals surface area contributed by atoms with Gasteiger partial charge in [0.1, 0.15) is 0 Å². The third kappa shape index (κ3) is 1.91. The Morgan fingerprint density at radius 3 is 1.53 bits per heavy atom. The molecule has 0 amide bonds. The fourth-order valence-corrected chi connectivity index (χ4v) is 17.9. The molecule has 0 saturated carbocycles. The molecule has 0 bridgehead atoms. The summed E-state index contributed by atoms with van der Waals surface area (Å²) in [6.07, 6.45) is 14.0. The van der Waals surface area contributed by atoms with Crippen LogP contribution in [0.15, 0.2) is 47.6 Å². The molecule has 2 aliphatic rings. The van der Waals surface area contributed by atoms with Gasteiger partial charge in [0, 0.05) is 0 Å². The van der Waals surface area contributed by atoms with Crippen LogP contribution in [0.2, 0.25) is 16.7 Å². The summed E-state index contributed by atoms with van der Waals surface area (Å²) in [5.41, 5.74) is 3.18. The molecular formula is C14H20Hf. The fraction of sp³-hybridized carbons (Fsp3) is 0.429. The third-order valence-corrected chi connectivity index (χ3v) is 20.1. The van der Waals surface area contributed by atoms with Gasteiger partial charge in [-0.1, -0.05) is 0 Å². The van der Waals surface area contributed by atoms with Crippen molar-refractivity contribution in [3.63, 3.8) is 0 Å². The van der Waals surface area contributed by atoms with Crippen molar-refractivity contribution in [3.8, 4) is 0 Å². The van der Waals surface area contributed by atoms with E-state index >= 15 is 0 Å². The van der Waals surface area contributed by atoms with E-state index in [0.29, 0.717) is 0 Å². The molecule has 0 radical (unpaired) electrons. The summed E-state index contributed by atoms with van der Waals surface area (Å²) in [5.74, 6) is 0. The molecule has 2 rings (SSSR count). The minimum absolute atomic E-state index is 0.814. The molecule has 2 atom stereocenters. The molecule has 2 aliphatic carbocycles. The predicted octanol–water partition coefficient (Wildman–Crippen LogP) is 4.85. The van der Waals surface area contributed by atoms with Crippen molar-refractivity contribution < 1.29 is 20.0 Å². The number of rotatable bonds is 2. The van der Waals surface area contributed by atoms with Crippen molar-refractivity contribution in [1.29, 1.82) is 0 Å². The summed E-state index contributed by atoms with van der Waals surface area (Å²) in [6, 6.07) is 0. The maximum absolute atomic E-state index is 2.60. The van der Waals surface area contributed by atoms with E-state index in [9.17, 15) is 0 Å². The van der Waals surface area contributed by atoms with Crippen LogP contribution in [-0.4, -0.2) is 0 Å². The zero-order valence-corrected chi connectivity index (χ0v) is 13.7. The van der Waals surface area contributed by atoms with E-state index in [4.69, 9.17) is 0 Å². The van der Waals surface area contributed by atoms with Crippen LogP contribution in [0.1, 0.15) is 13.8 Å². The van der Waals surface area contributed by atoms with Crippen LogP contribution < -0.4 is 0 Å². The Morgan fingerprint density at radius 2 is 1.27 bits per heavy atom. The first-order chi connectivity index (χ1) is 7.03. The molecule has 80 valence electrons. The Morgan fingerprint density at radius 1 is 0.867 bits per heavy atom. The average Bonchev–Trinajstić information content (AvgIpc) is 2.73. The molecule has 0 fully saturated rings. The summed E-state index contributed by atoms with van der Waals surface area (Å²) in [4.78, 5) is 0. The minimum atomic E-state index is -2.21. The van der Waals surface area contributed by atoms with Gasteiger partial charge in [-0.3, -0.25) is 0 Å². The number of allylic oxidation sites excluding steroid dienone is 8. The summed E-state index contributed by atoms with van der Waals surface area (Å²) in [7, 11) is 0. The molecule has 0 nitrogen and oxygen atoms in total. The van der Waals surface area contributed by atoms with E-state index < -0.39 is 20.0 Å². The van der Waals surface area contributed by atoms with E-state index in [-0.39, 0.29) is 0 Å². The van der Waals surface area contributed by atoms with Gasteiger partial charge in [-0.25, -0.2) is 0 Å². The van der Waals surface area contributed by atoms with Crippen molar-refractivity contribution in [2.75, 3.05) is 0 Å². The van der Waals surface area contributed by atoms with Crippen molar-refractivity contribution in [3.05, 3.63) is 47.6 Å². The summed E-state index contributed by atoms with van der Waals surface area (Å²) < 4.78 is 6.83. The van der Waals surface area contributed by atoms with Crippen LogP contribution in [0.5, 0.6) is 0 Å². The molecule has 1 heteroatoms. The SMILES string of the molecule is CC1=CC=C[CH]1[Hf]([CH3])([CH3])[CH]1C=CC=C1C. The standard InChI is InChI=1S/2C6H7.2CH3.Hf/c2*1-6-4-2-3-5-6;;;/h2*2-5H,1H3;2*1H3;. The van der Waals surface area contributed by atoms with Crippen molar-refractivity contribution in [2.45, 2.75) is 30.6 Å². The Balaban J connectivity index is 2.27. The second-order valence-electron chi connectivity index (χ2n) is 5.37. The average molecular weight is 367 g/mol. The number of hydrogen-bond acceptors (Lipinski definition) is 0. The normalized spacial score (nSPS) is 29.6. The Labute approximate surface area is 97.8 Å². The van der Waals surface area contributed by atoms with Crippen molar-refractivity contribution in [1.82, 2.24) is 0 Å². The third-order valence-electron chi connectivity index (χ3n) is 3.91. The fourth-order valence-electron chi connectivity index (χ4n) is 3.01. The molecule has 0 aromatic heterocycles. The molecule has 0 aromatic rings. The molecule has 0 spiro atoms. The quantitative estimate of drug-likeness (QED) is 0.613. The zero-order chi connectivity index (χ0) is 11.1. The van der Waals surface area contributed by atoms with Crippen LogP contribution >= 0.6 is 0 Å². The van der Waals surface area contributed by atoms with E-state index in [2.05, 4.69) is 59.7 Å². The molecule has 0 N–H and O–H groups in total. The second kappa shape index (κ2) is 4.01. The van der Waals surface area contributed by atoms with Crippen LogP contribution in [0.4, 0.5) is 0 Å². The van der Waals surface area contributed by atoms with Gasteiger partial charge in [-0.05, 0) is 0 Å². The van der Waals surface area contributed by atoms with Crippen molar-refractivity contribution >= 4 is 0 Å². The van der Waals surface area contributed by atoms with Crippen LogP contribution in [0, 0.1) is 0 Å². The first-order valence-corrected chi connectivity index (χ1v) is 17.1. The van der Waals surface area contributed by atoms with Gasteiger partial charge in [0.15, 0.2) is 0 Å². The van der Waals surface area contributed by atoms with Crippen LogP contribution in [0.3, 0.4) is 0 Å². The van der Waals surface area contributed by atoms with Gasteiger partial charge < -0.3 is 0 Å². The van der Waals surface area contributed by atoms with Gasteiger partial charge in [0.05, 0.1) is 0 Å². The van der Waals surface area contributed by atoms with Gasteiger partial charge in [-0.2, -0.15) is 0 Å². The molecule has 0 heterocycles. The maximum atomic E-state index is 2.60. The van der Waals surface area contributed by atoms with E-state index in [1.165, 1.54) is 0 Å². The monoisotopic (exact) mass is 368 g/mol. The first kappa shape index (κ1) is 11.3. The molecule has 15 heavy (non-hydrogen) atoms. The van der Waals surface area contributed by atoms with Gasteiger partial charge in [0.25, 0.3) is 0 Å². The number of hydrogen-bond donors (Lipinski definition) is 0. The summed E-state index contributed by atoms with van der Waals surface area (Å²) >= 11 is -2.21. The topological polar surface area (TPSA) is 0 Å². The van der Waals surface area contributed by atoms with Gasteiger partial charge >= 0.3 is 98.1 Å². The predicted molar refractivity (Wildman–Crippen MR) is 65.0 cm³/mol. The summed E-state index contributed by atoms with van der Waals surface area (Å²) in [5, 5.41) is 0. The van der Waals surface area contributed by atoms with Crippen molar-refractivity contribution in [2.24, 2.45) is 0 Å². The molecular weight excluding hydrogens is 347 g/mol. The summed E-state index contributed by atoms with van der Waals surface area (Å²) in [6.45, 7) is 4.59. The molecule has 0 aromatic carbocycles. The van der Waals surface area contributed by atoms with E-state index in [1.807, 2.05) is 0 Å². The van der Waals surface area contributed by atoms with Gasteiger partial charge in [0.2, 0.25) is 0 Å². The molecule has 0 aliphatic heterocycles. The Hall–Kier alpha value is -0.170. The van der Waals surface area contributed by atoms with E-state index in [0.717, 1.165) is 7.35 Å². The second-order valence-corrected chi connectivity index (χ2v) is 22.9. The van der Waals surface area contributed by atoms with E-state index in [1.54, 1.807) is 11.1 Å². The van der Waals surface area contributed by atoms with Crippen LogP contribution in [0.25, 0.3) is 0 Å². The molecule has 2 unspecified atom stereocenters. The zero-order valence-electron chi connectivity index (χ0n) is 10.1. The van der Waals surface area contributed by atoms with Gasteiger partial charge in [-0.15, -0.1) is 0 Å². The van der Waals surface area contributed by atoms with Crippen LogP contribution in [-0.2, 0) is 20.0 Å².